The molecule has 22 heavy (non-hydrogen) atoms. The lowest BCUT2D eigenvalue weighted by Gasteiger charge is -2.06. The van der Waals surface area contributed by atoms with Gasteiger partial charge in [-0.25, -0.2) is 0 Å². The fraction of sp³-hybridized carbons (Fsp3) is 0.118. The van der Waals surface area contributed by atoms with E-state index in [4.69, 9.17) is 10.00 Å². The molecule has 0 unspecified atom stereocenters. The van der Waals surface area contributed by atoms with Gasteiger partial charge in [-0.15, -0.1) is 0 Å². The number of ketones is 1. The molecular formula is C17H14N2O3. The Morgan fingerprint density at radius 3 is 2.82 bits per heavy atom. The van der Waals surface area contributed by atoms with Crippen molar-refractivity contribution in [2.45, 2.75) is 6.42 Å². The lowest BCUT2D eigenvalue weighted by molar-refractivity contribution is 0.104. The van der Waals surface area contributed by atoms with Gasteiger partial charge >= 0.3 is 0 Å². The van der Waals surface area contributed by atoms with Crippen molar-refractivity contribution in [1.82, 2.24) is 4.98 Å². The summed E-state index contributed by atoms with van der Waals surface area (Å²) in [5, 5.41) is 8.81. The zero-order valence-corrected chi connectivity index (χ0v) is 12.0. The largest absolute Gasteiger partial charge is 0.496 e. The first kappa shape index (κ1) is 15.3. The van der Waals surface area contributed by atoms with Crippen LogP contribution in [0.15, 0.2) is 47.4 Å². The van der Waals surface area contributed by atoms with Crippen molar-refractivity contribution in [3.05, 3.63) is 69.6 Å². The molecule has 0 saturated carbocycles. The van der Waals surface area contributed by atoms with E-state index >= 15 is 0 Å². The van der Waals surface area contributed by atoms with Crippen molar-refractivity contribution in [3.63, 3.8) is 0 Å². The summed E-state index contributed by atoms with van der Waals surface area (Å²) in [4.78, 5) is 25.6. The predicted molar refractivity (Wildman–Crippen MR) is 82.7 cm³/mol. The molecule has 0 saturated heterocycles. The zero-order valence-electron chi connectivity index (χ0n) is 12.0. The van der Waals surface area contributed by atoms with Gasteiger partial charge in [0.25, 0.3) is 0 Å². The van der Waals surface area contributed by atoms with Crippen LogP contribution < -0.4 is 10.3 Å². The number of ether oxygens (including phenoxy) is 1. The summed E-state index contributed by atoms with van der Waals surface area (Å²) in [6.07, 6.45) is 4.74. The number of carbonyl (C=O) groups is 1. The molecule has 0 bridgehead atoms. The number of hydrogen-bond donors (Lipinski definition) is 1. The number of pyridine rings is 1. The second-order valence-corrected chi connectivity index (χ2v) is 4.55. The number of carbonyl (C=O) groups excluding carboxylic acids is 1. The van der Waals surface area contributed by atoms with Crippen LogP contribution in [0.1, 0.15) is 21.5 Å². The Kier molecular flexibility index (Phi) is 4.89. The first-order valence-electron chi connectivity index (χ1n) is 6.59. The quantitative estimate of drug-likeness (QED) is 0.677. The Morgan fingerprint density at radius 2 is 2.18 bits per heavy atom. The Hall–Kier alpha value is -3.13. The summed E-state index contributed by atoms with van der Waals surface area (Å²) < 4.78 is 5.16. The van der Waals surface area contributed by atoms with E-state index in [1.54, 1.807) is 30.3 Å². The molecule has 0 atom stereocenters. The van der Waals surface area contributed by atoms with Crippen LogP contribution >= 0.6 is 0 Å². The Balaban J connectivity index is 2.22. The number of aromatic nitrogens is 1. The molecule has 0 amide bonds. The van der Waals surface area contributed by atoms with Gasteiger partial charge in [0, 0.05) is 23.4 Å². The number of H-pyrrole nitrogens is 1. The van der Waals surface area contributed by atoms with Gasteiger partial charge in [0.15, 0.2) is 5.78 Å². The number of nitrogens with zero attached hydrogens (tertiary/aromatic N) is 1. The SMILES string of the molecule is COc1ccc(C(=O)/C=C/c2ccc(=O)[nH]c2)cc1CC#N. The molecule has 0 fully saturated rings. The van der Waals surface area contributed by atoms with Crippen LogP contribution in [0.3, 0.4) is 0 Å². The van der Waals surface area contributed by atoms with Crippen molar-refractivity contribution in [2.75, 3.05) is 7.11 Å². The van der Waals surface area contributed by atoms with Crippen LogP contribution in [-0.2, 0) is 6.42 Å². The summed E-state index contributed by atoms with van der Waals surface area (Å²) in [5.74, 6) is 0.399. The number of benzene rings is 1. The van der Waals surface area contributed by atoms with Gasteiger partial charge in [-0.2, -0.15) is 5.26 Å². The first-order valence-corrected chi connectivity index (χ1v) is 6.59. The van der Waals surface area contributed by atoms with Crippen molar-refractivity contribution in [3.8, 4) is 11.8 Å². The standard InChI is InChI=1S/C17H14N2O3/c1-22-16-6-4-13(10-14(16)8-9-18)15(20)5-2-12-3-7-17(21)19-11-12/h2-7,10-11H,8H2,1H3,(H,19,21)/b5-2+. The molecule has 0 spiro atoms. The third-order valence-electron chi connectivity index (χ3n) is 3.07. The highest BCUT2D eigenvalue weighted by atomic mass is 16.5. The molecule has 5 heteroatoms. The number of methoxy groups -OCH3 is 1. The van der Waals surface area contributed by atoms with E-state index < -0.39 is 0 Å². The first-order chi connectivity index (χ1) is 10.6. The van der Waals surface area contributed by atoms with Crippen molar-refractivity contribution < 1.29 is 9.53 Å². The van der Waals surface area contributed by atoms with Crippen LogP contribution in [0.2, 0.25) is 0 Å². The van der Waals surface area contributed by atoms with Crippen LogP contribution in [0, 0.1) is 11.3 Å². The number of hydrogen-bond acceptors (Lipinski definition) is 4. The normalized spacial score (nSPS) is 10.4. The second-order valence-electron chi connectivity index (χ2n) is 4.55. The van der Waals surface area contributed by atoms with E-state index in [0.717, 1.165) is 5.56 Å². The summed E-state index contributed by atoms with van der Waals surface area (Å²) in [5.41, 5.74) is 1.68. The minimum Gasteiger partial charge on any atom is -0.496 e. The number of aromatic amines is 1. The minimum absolute atomic E-state index is 0.175. The third-order valence-corrected chi connectivity index (χ3v) is 3.07. The van der Waals surface area contributed by atoms with Gasteiger partial charge in [0.1, 0.15) is 5.75 Å². The Bertz CT molecular complexity index is 793. The highest BCUT2D eigenvalue weighted by Crippen LogP contribution is 2.21. The van der Waals surface area contributed by atoms with Crippen molar-refractivity contribution >= 4 is 11.9 Å². The fourth-order valence-electron chi connectivity index (χ4n) is 1.95. The van der Waals surface area contributed by atoms with Gasteiger partial charge in [-0.3, -0.25) is 9.59 Å². The maximum Gasteiger partial charge on any atom is 0.247 e. The summed E-state index contributed by atoms with van der Waals surface area (Å²) in [6.45, 7) is 0. The van der Waals surface area contributed by atoms with Crippen LogP contribution in [0.25, 0.3) is 6.08 Å². The van der Waals surface area contributed by atoms with Gasteiger partial charge in [-0.05, 0) is 42.0 Å². The smallest absolute Gasteiger partial charge is 0.247 e. The average Bonchev–Trinajstić information content (AvgIpc) is 2.54. The molecule has 110 valence electrons. The van der Waals surface area contributed by atoms with E-state index in [1.165, 1.54) is 25.4 Å². The number of rotatable bonds is 5. The molecule has 0 radical (unpaired) electrons. The van der Waals surface area contributed by atoms with Crippen LogP contribution in [-0.4, -0.2) is 17.9 Å². The summed E-state index contributed by atoms with van der Waals surface area (Å²) in [6, 6.07) is 10.0. The summed E-state index contributed by atoms with van der Waals surface area (Å²) >= 11 is 0. The highest BCUT2D eigenvalue weighted by molar-refractivity contribution is 6.07. The molecule has 1 aromatic carbocycles. The topological polar surface area (TPSA) is 83.0 Å². The maximum atomic E-state index is 12.2. The van der Waals surface area contributed by atoms with Crippen molar-refractivity contribution in [2.24, 2.45) is 0 Å². The van der Waals surface area contributed by atoms with E-state index in [2.05, 4.69) is 4.98 Å². The van der Waals surface area contributed by atoms with E-state index in [9.17, 15) is 9.59 Å². The zero-order chi connectivity index (χ0) is 15.9. The maximum absolute atomic E-state index is 12.2. The van der Waals surface area contributed by atoms with Gasteiger partial charge in [-0.1, -0.05) is 0 Å². The average molecular weight is 294 g/mol. The van der Waals surface area contributed by atoms with E-state index in [-0.39, 0.29) is 17.8 Å². The fourth-order valence-corrected chi connectivity index (χ4v) is 1.95. The van der Waals surface area contributed by atoms with Gasteiger partial charge < -0.3 is 9.72 Å². The predicted octanol–water partition coefficient (Wildman–Crippen LogP) is 2.35. The molecule has 0 aliphatic heterocycles. The second kappa shape index (κ2) is 7.04. The van der Waals surface area contributed by atoms with Crippen LogP contribution in [0.4, 0.5) is 0 Å². The molecule has 1 N–H and O–H groups in total. The molecule has 1 aromatic heterocycles. The summed E-state index contributed by atoms with van der Waals surface area (Å²) in [7, 11) is 1.52. The third kappa shape index (κ3) is 3.70. The highest BCUT2D eigenvalue weighted by Gasteiger charge is 2.08. The van der Waals surface area contributed by atoms with Crippen LogP contribution in [0.5, 0.6) is 5.75 Å². The molecule has 0 aliphatic carbocycles. The molecule has 5 nitrogen and oxygen atoms in total. The van der Waals surface area contributed by atoms with E-state index in [1.807, 2.05) is 6.07 Å². The number of nitriles is 1. The minimum atomic E-state index is -0.195. The number of nitrogens with one attached hydrogen (secondary N) is 1. The van der Waals surface area contributed by atoms with Gasteiger partial charge in [0.2, 0.25) is 5.56 Å². The molecule has 2 rings (SSSR count). The Morgan fingerprint density at radius 1 is 1.36 bits per heavy atom. The number of allylic oxidation sites excluding steroid dienone is 1. The lowest BCUT2D eigenvalue weighted by atomic mass is 10.0. The van der Waals surface area contributed by atoms with Gasteiger partial charge in [0.05, 0.1) is 19.6 Å². The molecule has 1 heterocycles. The Labute approximate surface area is 127 Å². The molecular weight excluding hydrogens is 280 g/mol. The lowest BCUT2D eigenvalue weighted by Crippen LogP contribution is -2.01. The molecule has 2 aromatic rings. The monoisotopic (exact) mass is 294 g/mol. The van der Waals surface area contributed by atoms with Crippen molar-refractivity contribution in [1.29, 1.82) is 5.26 Å². The molecule has 0 aliphatic rings. The van der Waals surface area contributed by atoms with E-state index in [0.29, 0.717) is 16.9 Å².